The van der Waals surface area contributed by atoms with Gasteiger partial charge in [-0.3, -0.25) is 14.5 Å². The number of anilines is 1. The van der Waals surface area contributed by atoms with Gasteiger partial charge in [0.1, 0.15) is 5.75 Å². The number of piperidine rings is 2. The Kier molecular flexibility index (Phi) is 8.43. The zero-order chi connectivity index (χ0) is 22.4. The standard InChI is InChI=1S/C23H34ClN3O4/c1-3-31-22(28)14-27-16-7-4-8-17(27)11-15(10-16)6-5-9-26-23(29)18-12-19(24)20(25)13-21(18)30-2/h12-13,15-17H,3-11,14,25H2,1-2H3,(H,26,29). The van der Waals surface area contributed by atoms with E-state index >= 15 is 0 Å². The highest BCUT2D eigenvalue weighted by Gasteiger charge is 2.38. The van der Waals surface area contributed by atoms with Crippen LogP contribution in [0.5, 0.6) is 5.75 Å². The van der Waals surface area contributed by atoms with Crippen molar-refractivity contribution in [1.29, 1.82) is 0 Å². The summed E-state index contributed by atoms with van der Waals surface area (Å²) in [5.41, 5.74) is 6.56. The summed E-state index contributed by atoms with van der Waals surface area (Å²) >= 11 is 6.06. The van der Waals surface area contributed by atoms with Crippen molar-refractivity contribution >= 4 is 29.2 Å². The molecular formula is C23H34ClN3O4. The third kappa shape index (κ3) is 6.04. The number of nitrogens with zero attached hydrogens (tertiary/aromatic N) is 1. The molecule has 0 spiro atoms. The van der Waals surface area contributed by atoms with Crippen molar-refractivity contribution < 1.29 is 19.1 Å². The lowest BCUT2D eigenvalue weighted by atomic mass is 9.76. The molecule has 1 amide bonds. The van der Waals surface area contributed by atoms with Crippen LogP contribution in [0.2, 0.25) is 5.02 Å². The van der Waals surface area contributed by atoms with Crippen LogP contribution in [-0.2, 0) is 9.53 Å². The topological polar surface area (TPSA) is 93.9 Å². The molecule has 0 aromatic heterocycles. The second kappa shape index (κ2) is 11.0. The molecule has 7 nitrogen and oxygen atoms in total. The SMILES string of the molecule is CCOC(=O)CN1C2CCCC1CC(CCCNC(=O)c1cc(Cl)c(N)cc1OC)C2. The van der Waals surface area contributed by atoms with Crippen LogP contribution in [0.1, 0.15) is 62.2 Å². The Morgan fingerprint density at radius 1 is 1.26 bits per heavy atom. The summed E-state index contributed by atoms with van der Waals surface area (Å²) in [6.45, 7) is 3.30. The minimum Gasteiger partial charge on any atom is -0.496 e. The summed E-state index contributed by atoms with van der Waals surface area (Å²) in [6, 6.07) is 4.06. The van der Waals surface area contributed by atoms with Crippen molar-refractivity contribution in [2.75, 3.05) is 32.5 Å². The summed E-state index contributed by atoms with van der Waals surface area (Å²) in [7, 11) is 1.50. The van der Waals surface area contributed by atoms with Crippen LogP contribution < -0.4 is 15.8 Å². The number of carbonyl (C=O) groups is 2. The fourth-order valence-corrected chi connectivity index (χ4v) is 5.21. The number of esters is 1. The minimum atomic E-state index is -0.208. The summed E-state index contributed by atoms with van der Waals surface area (Å²) in [6.07, 6.45) is 7.76. The maximum absolute atomic E-state index is 12.6. The van der Waals surface area contributed by atoms with Gasteiger partial charge in [-0.25, -0.2) is 0 Å². The number of fused-ring (bicyclic) bond motifs is 2. The van der Waals surface area contributed by atoms with Gasteiger partial charge in [0, 0.05) is 24.7 Å². The highest BCUT2D eigenvalue weighted by Crippen LogP contribution is 2.38. The monoisotopic (exact) mass is 451 g/mol. The number of rotatable bonds is 9. The van der Waals surface area contributed by atoms with Gasteiger partial charge in [-0.15, -0.1) is 0 Å². The molecule has 0 aliphatic carbocycles. The van der Waals surface area contributed by atoms with Gasteiger partial charge in [0.05, 0.1) is 36.5 Å². The van der Waals surface area contributed by atoms with E-state index in [2.05, 4.69) is 10.2 Å². The van der Waals surface area contributed by atoms with Gasteiger partial charge in [-0.2, -0.15) is 0 Å². The number of amides is 1. The zero-order valence-electron chi connectivity index (χ0n) is 18.5. The largest absolute Gasteiger partial charge is 0.496 e. The molecule has 2 aliphatic heterocycles. The normalized spacial score (nSPS) is 23.3. The van der Waals surface area contributed by atoms with Crippen molar-refractivity contribution in [2.24, 2.45) is 5.92 Å². The minimum absolute atomic E-state index is 0.112. The van der Waals surface area contributed by atoms with Gasteiger partial charge < -0.3 is 20.5 Å². The molecule has 2 saturated heterocycles. The third-order valence-electron chi connectivity index (χ3n) is 6.48. The lowest BCUT2D eigenvalue weighted by molar-refractivity contribution is -0.147. The number of benzene rings is 1. The summed E-state index contributed by atoms with van der Waals surface area (Å²) in [5, 5.41) is 3.31. The van der Waals surface area contributed by atoms with Crippen molar-refractivity contribution in [3.05, 3.63) is 22.7 Å². The highest BCUT2D eigenvalue weighted by atomic mass is 35.5. The number of nitrogens with one attached hydrogen (secondary N) is 1. The van der Waals surface area contributed by atoms with Gasteiger partial charge in [0.15, 0.2) is 0 Å². The van der Waals surface area contributed by atoms with E-state index in [4.69, 9.17) is 26.8 Å². The number of ether oxygens (including phenoxy) is 2. The molecule has 1 aromatic rings. The van der Waals surface area contributed by atoms with E-state index in [1.165, 1.54) is 13.5 Å². The second-order valence-electron chi connectivity index (χ2n) is 8.53. The number of nitrogens with two attached hydrogens (primary N) is 1. The maximum atomic E-state index is 12.6. The molecule has 8 heteroatoms. The number of nitrogen functional groups attached to an aromatic ring is 1. The first-order valence-electron chi connectivity index (χ1n) is 11.3. The van der Waals surface area contributed by atoms with E-state index in [9.17, 15) is 9.59 Å². The van der Waals surface area contributed by atoms with Crippen LogP contribution in [0.3, 0.4) is 0 Å². The predicted octanol–water partition coefficient (Wildman–Crippen LogP) is 3.64. The molecule has 2 atom stereocenters. The Labute approximate surface area is 189 Å². The van der Waals surface area contributed by atoms with Gasteiger partial charge in [-0.05, 0) is 57.4 Å². The molecule has 3 rings (SSSR count). The molecule has 2 fully saturated rings. The van der Waals surface area contributed by atoms with Crippen LogP contribution in [0.15, 0.2) is 12.1 Å². The zero-order valence-corrected chi connectivity index (χ0v) is 19.2. The van der Waals surface area contributed by atoms with E-state index in [1.54, 1.807) is 12.1 Å². The van der Waals surface area contributed by atoms with E-state index in [0.717, 1.165) is 38.5 Å². The average Bonchev–Trinajstić information content (AvgIpc) is 2.73. The van der Waals surface area contributed by atoms with Crippen LogP contribution in [0.4, 0.5) is 5.69 Å². The van der Waals surface area contributed by atoms with Crippen molar-refractivity contribution in [3.8, 4) is 5.75 Å². The van der Waals surface area contributed by atoms with Crippen LogP contribution in [0, 0.1) is 5.92 Å². The lowest BCUT2D eigenvalue weighted by Crippen LogP contribution is -2.53. The van der Waals surface area contributed by atoms with E-state index in [0.29, 0.717) is 59.7 Å². The molecule has 172 valence electrons. The number of hydrogen-bond acceptors (Lipinski definition) is 6. The molecule has 0 saturated carbocycles. The van der Waals surface area contributed by atoms with Crippen LogP contribution >= 0.6 is 11.6 Å². The Morgan fingerprint density at radius 2 is 1.97 bits per heavy atom. The third-order valence-corrected chi connectivity index (χ3v) is 6.81. The first-order chi connectivity index (χ1) is 14.9. The molecule has 3 N–H and O–H groups in total. The smallest absolute Gasteiger partial charge is 0.320 e. The first-order valence-corrected chi connectivity index (χ1v) is 11.6. The Balaban J connectivity index is 1.46. The predicted molar refractivity (Wildman–Crippen MR) is 121 cm³/mol. The number of carbonyl (C=O) groups excluding carboxylic acids is 2. The molecule has 31 heavy (non-hydrogen) atoms. The average molecular weight is 452 g/mol. The Bertz CT molecular complexity index is 774. The maximum Gasteiger partial charge on any atom is 0.320 e. The Hall–Kier alpha value is -1.99. The number of halogens is 1. The van der Waals surface area contributed by atoms with Gasteiger partial charge in [-0.1, -0.05) is 18.0 Å². The van der Waals surface area contributed by atoms with E-state index < -0.39 is 0 Å². The second-order valence-corrected chi connectivity index (χ2v) is 8.93. The van der Waals surface area contributed by atoms with E-state index in [1.807, 2.05) is 6.92 Å². The molecular weight excluding hydrogens is 418 g/mol. The fraction of sp³-hybridized carbons (Fsp3) is 0.652. The van der Waals surface area contributed by atoms with Gasteiger partial charge in [0.25, 0.3) is 5.91 Å². The quantitative estimate of drug-likeness (QED) is 0.338. The number of methoxy groups -OCH3 is 1. The number of hydrogen-bond donors (Lipinski definition) is 2. The van der Waals surface area contributed by atoms with Crippen molar-refractivity contribution in [3.63, 3.8) is 0 Å². The fourth-order valence-electron chi connectivity index (χ4n) is 5.04. The van der Waals surface area contributed by atoms with Crippen LogP contribution in [-0.4, -0.2) is 55.7 Å². The molecule has 2 aliphatic rings. The van der Waals surface area contributed by atoms with Crippen LogP contribution in [0.25, 0.3) is 0 Å². The molecule has 2 unspecified atom stereocenters. The molecule has 0 radical (unpaired) electrons. The van der Waals surface area contributed by atoms with Gasteiger partial charge in [0.2, 0.25) is 0 Å². The lowest BCUT2D eigenvalue weighted by Gasteiger charge is -2.48. The Morgan fingerprint density at radius 3 is 2.61 bits per heavy atom. The first kappa shape index (κ1) is 23.7. The molecule has 1 aromatic carbocycles. The summed E-state index contributed by atoms with van der Waals surface area (Å²) in [4.78, 5) is 26.9. The summed E-state index contributed by atoms with van der Waals surface area (Å²) in [5.74, 6) is 0.728. The summed E-state index contributed by atoms with van der Waals surface area (Å²) < 4.78 is 10.4. The van der Waals surface area contributed by atoms with Crippen molar-refractivity contribution in [2.45, 2.75) is 64.0 Å². The highest BCUT2D eigenvalue weighted by molar-refractivity contribution is 6.33. The van der Waals surface area contributed by atoms with E-state index in [-0.39, 0.29) is 11.9 Å². The van der Waals surface area contributed by atoms with Gasteiger partial charge >= 0.3 is 5.97 Å². The molecule has 2 heterocycles. The van der Waals surface area contributed by atoms with Crippen molar-refractivity contribution in [1.82, 2.24) is 10.2 Å². The molecule has 2 bridgehead atoms.